The van der Waals surface area contributed by atoms with Gasteiger partial charge in [0.2, 0.25) is 0 Å². The summed E-state index contributed by atoms with van der Waals surface area (Å²) in [5.74, 6) is -6.97. The highest BCUT2D eigenvalue weighted by atomic mass is 32.2. The molecule has 2 fully saturated rings. The molecular formula is C65H71N3O21S. The van der Waals surface area contributed by atoms with Crippen molar-refractivity contribution in [2.75, 3.05) is 38.4 Å². The van der Waals surface area contributed by atoms with Gasteiger partial charge in [-0.15, -0.1) is 0 Å². The Hall–Kier alpha value is -9.33. The van der Waals surface area contributed by atoms with Crippen LogP contribution in [0.4, 0.5) is 5.69 Å². The van der Waals surface area contributed by atoms with Gasteiger partial charge in [0.15, 0.2) is 11.3 Å². The lowest BCUT2D eigenvalue weighted by Gasteiger charge is -2.26. The smallest absolute Gasteiger partial charge is 0.330 e. The van der Waals surface area contributed by atoms with Crippen molar-refractivity contribution in [3.8, 4) is 35.1 Å². The monoisotopic (exact) mass is 1260 g/mol. The first-order valence-corrected chi connectivity index (χ1v) is 30.2. The van der Waals surface area contributed by atoms with Gasteiger partial charge in [-0.3, -0.25) is 38.4 Å². The lowest BCUT2D eigenvalue weighted by molar-refractivity contribution is -0.156. The SMILES string of the molecule is C=CC(=O)OC(C)COCC(C)OC(=O)CCC(=O)OCCc1ccc(OC(=O)C2CCC(C(=O)Oc3ccc(OC(=O)C4CCC(C(=O)Oc5ccc(CCOC(=O)CCC(=O)OCC(C)OC(=O)C=C)cc5)CC4)c4c3NC(=C(C#N)C#N)S4)CC2)cc1. The Morgan fingerprint density at radius 1 is 0.511 bits per heavy atom. The van der Waals surface area contributed by atoms with Crippen molar-refractivity contribution in [1.29, 1.82) is 10.5 Å². The molecule has 2 saturated carbocycles. The summed E-state index contributed by atoms with van der Waals surface area (Å²) in [6.45, 7) is 11.5. The van der Waals surface area contributed by atoms with Gasteiger partial charge in [0.25, 0.3) is 0 Å². The molecule has 3 aromatic carbocycles. The molecule has 1 aliphatic heterocycles. The molecule has 0 spiro atoms. The summed E-state index contributed by atoms with van der Waals surface area (Å²) in [4.78, 5) is 125. The molecule has 3 aromatic rings. The van der Waals surface area contributed by atoms with Crippen molar-refractivity contribution in [2.24, 2.45) is 23.7 Å². The number of hydrogen-bond donors (Lipinski definition) is 1. The number of ether oxygens (including phenoxy) is 11. The number of nitriles is 2. The van der Waals surface area contributed by atoms with Crippen molar-refractivity contribution >= 4 is 77.1 Å². The van der Waals surface area contributed by atoms with E-state index in [1.165, 1.54) is 12.1 Å². The summed E-state index contributed by atoms with van der Waals surface area (Å²) < 4.78 is 59.3. The zero-order chi connectivity index (χ0) is 65.1. The molecule has 3 aliphatic rings. The molecular weight excluding hydrogens is 1190 g/mol. The highest BCUT2D eigenvalue weighted by Gasteiger charge is 2.37. The van der Waals surface area contributed by atoms with E-state index in [-0.39, 0.29) is 86.5 Å². The summed E-state index contributed by atoms with van der Waals surface area (Å²) >= 11 is 0.972. The summed E-state index contributed by atoms with van der Waals surface area (Å²) in [6, 6.07) is 20.0. The third kappa shape index (κ3) is 22.7. The number of nitrogens with zero attached hydrogens (tertiary/aromatic N) is 2. The number of hydrogen-bond acceptors (Lipinski definition) is 25. The van der Waals surface area contributed by atoms with E-state index in [2.05, 4.69) is 18.5 Å². The predicted molar refractivity (Wildman–Crippen MR) is 317 cm³/mol. The molecule has 90 heavy (non-hydrogen) atoms. The standard InChI is InChI=1S/C65H71N3O21S/c1-6-53(69)83-39(3)36-79-37-40(4)85-58(74)29-28-56(72)81-33-31-43-10-22-49(23-11-43)86-62(75)44-12-16-46(17-13-44)64(77)88-51-24-25-52(60-59(51)68-61(90-60)48(34-66)35-67)89-65(78)47-18-14-45(15-19-47)63(76)87-50-20-8-42(9-21-50)30-32-80-55(71)26-27-57(73)82-38-41(5)84-54(70)7-2/h6-11,20-25,39-41,44-47,68H,1-2,12-19,26-33,36-38H2,3-5H3. The highest BCUT2D eigenvalue weighted by molar-refractivity contribution is 8.03. The van der Waals surface area contributed by atoms with Crippen LogP contribution < -0.4 is 24.3 Å². The van der Waals surface area contributed by atoms with Crippen LogP contribution in [0.2, 0.25) is 0 Å². The second kappa shape index (κ2) is 35.6. The lowest BCUT2D eigenvalue weighted by atomic mass is 9.82. The Morgan fingerprint density at radius 2 is 0.889 bits per heavy atom. The summed E-state index contributed by atoms with van der Waals surface area (Å²) in [5.41, 5.74) is 1.58. The molecule has 3 atom stereocenters. The van der Waals surface area contributed by atoms with Crippen molar-refractivity contribution in [2.45, 2.75) is 134 Å². The number of thioether (sulfide) groups is 1. The highest BCUT2D eigenvalue weighted by Crippen LogP contribution is 2.52. The Morgan fingerprint density at radius 3 is 1.32 bits per heavy atom. The first-order chi connectivity index (χ1) is 43.2. The number of benzene rings is 3. The van der Waals surface area contributed by atoms with Crippen LogP contribution in [0.5, 0.6) is 23.0 Å². The van der Waals surface area contributed by atoms with E-state index in [0.717, 1.165) is 35.0 Å². The third-order valence-electron chi connectivity index (χ3n) is 14.3. The molecule has 0 saturated heterocycles. The molecule has 24 nitrogen and oxygen atoms in total. The van der Waals surface area contributed by atoms with Gasteiger partial charge in [-0.1, -0.05) is 49.2 Å². The number of rotatable bonds is 31. The zero-order valence-corrected chi connectivity index (χ0v) is 51.0. The van der Waals surface area contributed by atoms with Crippen LogP contribution in [0.1, 0.15) is 109 Å². The number of esters is 10. The van der Waals surface area contributed by atoms with E-state index in [1.807, 2.05) is 12.1 Å². The maximum Gasteiger partial charge on any atom is 0.330 e. The van der Waals surface area contributed by atoms with Gasteiger partial charge in [0, 0.05) is 25.0 Å². The normalized spacial score (nSPS) is 17.4. The molecule has 0 radical (unpaired) electrons. The number of allylic oxidation sites excluding steroid dienone is 1. The Bertz CT molecular complexity index is 3210. The molecule has 6 rings (SSSR count). The molecule has 1 N–H and O–H groups in total. The molecule has 478 valence electrons. The molecule has 0 bridgehead atoms. The molecule has 3 unspecified atom stereocenters. The van der Waals surface area contributed by atoms with Crippen molar-refractivity contribution in [1.82, 2.24) is 0 Å². The lowest BCUT2D eigenvalue weighted by Crippen LogP contribution is -2.30. The number of nitrogens with one attached hydrogen (secondary N) is 1. The van der Waals surface area contributed by atoms with E-state index < -0.39 is 102 Å². The molecule has 25 heteroatoms. The van der Waals surface area contributed by atoms with Gasteiger partial charge >= 0.3 is 59.7 Å². The maximum atomic E-state index is 13.7. The van der Waals surface area contributed by atoms with Gasteiger partial charge in [0.1, 0.15) is 65.0 Å². The van der Waals surface area contributed by atoms with E-state index in [0.29, 0.717) is 80.6 Å². The molecule has 2 aliphatic carbocycles. The molecule has 1 heterocycles. The average Bonchev–Trinajstić information content (AvgIpc) is 1.75. The van der Waals surface area contributed by atoms with Gasteiger partial charge in [-0.2, -0.15) is 10.5 Å². The van der Waals surface area contributed by atoms with Crippen molar-refractivity contribution < 1.29 is 100 Å². The largest absolute Gasteiger partial charge is 0.465 e. The zero-order valence-electron chi connectivity index (χ0n) is 50.2. The third-order valence-corrected chi connectivity index (χ3v) is 15.4. The second-order valence-corrected chi connectivity index (χ2v) is 22.4. The Balaban J connectivity index is 0.885. The predicted octanol–water partition coefficient (Wildman–Crippen LogP) is 8.56. The molecule has 0 amide bonds. The van der Waals surface area contributed by atoms with Crippen LogP contribution in [-0.4, -0.2) is 111 Å². The van der Waals surface area contributed by atoms with Crippen LogP contribution in [0, 0.1) is 46.3 Å². The Labute approximate surface area is 524 Å². The average molecular weight is 1260 g/mol. The van der Waals surface area contributed by atoms with E-state index in [4.69, 9.17) is 52.1 Å². The number of anilines is 1. The van der Waals surface area contributed by atoms with E-state index >= 15 is 0 Å². The van der Waals surface area contributed by atoms with Gasteiger partial charge in [-0.05, 0) is 120 Å². The van der Waals surface area contributed by atoms with Crippen LogP contribution in [0.25, 0.3) is 0 Å². The fraction of sp³-hybridized carbons (Fsp3) is 0.446. The van der Waals surface area contributed by atoms with Crippen LogP contribution in [0.3, 0.4) is 0 Å². The van der Waals surface area contributed by atoms with Gasteiger partial charge < -0.3 is 57.4 Å². The van der Waals surface area contributed by atoms with Crippen molar-refractivity contribution in [3.63, 3.8) is 0 Å². The van der Waals surface area contributed by atoms with E-state index in [9.17, 15) is 58.5 Å². The minimum Gasteiger partial charge on any atom is -0.465 e. The van der Waals surface area contributed by atoms with E-state index in [1.54, 1.807) is 69.3 Å². The molecule has 0 aromatic heterocycles. The van der Waals surface area contributed by atoms with Crippen LogP contribution in [-0.2, 0) is 93.9 Å². The summed E-state index contributed by atoms with van der Waals surface area (Å²) in [7, 11) is 0. The first kappa shape index (κ1) is 69.8. The van der Waals surface area contributed by atoms with Gasteiger partial charge in [-0.25, -0.2) is 9.59 Å². The van der Waals surface area contributed by atoms with Crippen LogP contribution >= 0.6 is 11.8 Å². The summed E-state index contributed by atoms with van der Waals surface area (Å²) in [5, 5.41) is 22.5. The quantitative estimate of drug-likeness (QED) is 0.0207. The fourth-order valence-electron chi connectivity index (χ4n) is 9.45. The number of carbonyl (C=O) groups excluding carboxylic acids is 10. The topological polar surface area (TPSA) is 332 Å². The summed E-state index contributed by atoms with van der Waals surface area (Å²) in [6.07, 6.45) is 2.90. The van der Waals surface area contributed by atoms with Gasteiger partial charge in [0.05, 0.1) is 80.7 Å². The fourth-order valence-corrected chi connectivity index (χ4v) is 10.5. The minimum absolute atomic E-state index is 0.0454. The Kier molecular flexibility index (Phi) is 27.6. The minimum atomic E-state index is -0.676. The second-order valence-electron chi connectivity index (χ2n) is 21.4. The first-order valence-electron chi connectivity index (χ1n) is 29.4. The number of fused-ring (bicyclic) bond motifs is 1. The number of carbonyl (C=O) groups is 10. The van der Waals surface area contributed by atoms with Crippen LogP contribution in [0.15, 0.2) is 101 Å². The maximum absolute atomic E-state index is 13.7. The van der Waals surface area contributed by atoms with Crippen molar-refractivity contribution in [3.05, 3.63) is 108 Å².